The van der Waals surface area contributed by atoms with Crippen molar-refractivity contribution in [3.8, 4) is 17.2 Å². The lowest BCUT2D eigenvalue weighted by Crippen LogP contribution is -2.21. The van der Waals surface area contributed by atoms with E-state index in [1.165, 1.54) is 5.56 Å². The highest BCUT2D eigenvalue weighted by Gasteiger charge is 2.22. The molecule has 238 valence electrons. The molecule has 0 spiro atoms. The highest BCUT2D eigenvalue weighted by molar-refractivity contribution is 7.55. The highest BCUT2D eigenvalue weighted by Crippen LogP contribution is 2.36. The Kier molecular flexibility index (Phi) is 9.23. The van der Waals surface area contributed by atoms with Crippen LogP contribution in [0.1, 0.15) is 32.0 Å². The molecule has 0 fully saturated rings. The number of benzene rings is 4. The molecule has 2 heterocycles. The number of ether oxygens (including phenoxy) is 1. The van der Waals surface area contributed by atoms with E-state index in [2.05, 4.69) is 67.2 Å². The summed E-state index contributed by atoms with van der Waals surface area (Å²) in [6, 6.07) is 35.1. The summed E-state index contributed by atoms with van der Waals surface area (Å²) in [5, 5.41) is 16.1. The Morgan fingerprint density at radius 3 is 2.36 bits per heavy atom. The molecule has 9 heteroatoms. The molecule has 0 bridgehead atoms. The zero-order valence-electron chi connectivity index (χ0n) is 27.3. The fourth-order valence-corrected chi connectivity index (χ4v) is 6.19. The molecule has 6 rings (SSSR count). The second-order valence-corrected chi connectivity index (χ2v) is 15.2. The number of nitrogens with one attached hydrogen (secondary N) is 3. The molecule has 0 saturated carbocycles. The molecule has 0 aliphatic rings. The van der Waals surface area contributed by atoms with Crippen LogP contribution >= 0.6 is 7.92 Å². The number of fused-ring (bicyclic) bond motifs is 1. The number of hydrogen-bond donors (Lipinski definition) is 3. The summed E-state index contributed by atoms with van der Waals surface area (Å²) in [6.07, 6.45) is 2.74. The number of amides is 2. The number of urea groups is 1. The molecule has 0 atom stereocenters. The average molecular weight is 643 g/mol. The Morgan fingerprint density at radius 2 is 1.60 bits per heavy atom. The van der Waals surface area contributed by atoms with Crippen molar-refractivity contribution in [3.05, 3.63) is 127 Å². The van der Waals surface area contributed by atoms with Gasteiger partial charge in [-0.15, -0.1) is 7.92 Å². The van der Waals surface area contributed by atoms with Crippen molar-refractivity contribution in [2.45, 2.75) is 32.3 Å². The lowest BCUT2D eigenvalue weighted by molar-refractivity contribution is 0.262. The summed E-state index contributed by atoms with van der Waals surface area (Å²) in [5.74, 6) is 2.58. The van der Waals surface area contributed by atoms with Crippen molar-refractivity contribution < 1.29 is 9.53 Å². The summed E-state index contributed by atoms with van der Waals surface area (Å²) < 4.78 is 8.16. The third kappa shape index (κ3) is 7.79. The summed E-state index contributed by atoms with van der Waals surface area (Å²) in [4.78, 5) is 18.0. The van der Waals surface area contributed by atoms with Gasteiger partial charge in [0.05, 0.1) is 17.1 Å². The van der Waals surface area contributed by atoms with Crippen molar-refractivity contribution in [2.24, 2.45) is 0 Å². The number of nitrogens with zero attached hydrogens (tertiary/aromatic N) is 3. The molecule has 8 nitrogen and oxygen atoms in total. The number of rotatable bonds is 9. The average Bonchev–Trinajstić information content (AvgIpc) is 3.47. The Bertz CT molecular complexity index is 2020. The van der Waals surface area contributed by atoms with E-state index in [4.69, 9.17) is 9.84 Å². The van der Waals surface area contributed by atoms with Crippen molar-refractivity contribution in [1.29, 1.82) is 0 Å². The van der Waals surface area contributed by atoms with Crippen LogP contribution in [0.3, 0.4) is 0 Å². The van der Waals surface area contributed by atoms with Crippen LogP contribution in [0.2, 0.25) is 0 Å². The van der Waals surface area contributed by atoms with Crippen LogP contribution in [0, 0.1) is 0 Å². The Morgan fingerprint density at radius 1 is 0.830 bits per heavy atom. The molecule has 0 radical (unpaired) electrons. The SMILES string of the molecule is CP(C)Cc1cccc(-n2nc(C(C)(C)C)cc2NC(=O)Nc2ccc(Oc3ccnc(Nc4ccccc4)c3)c3ccccc23)c1. The van der Waals surface area contributed by atoms with Gasteiger partial charge in [0, 0.05) is 40.2 Å². The number of carbonyl (C=O) groups excluding carboxylic acids is 1. The third-order valence-electron chi connectivity index (χ3n) is 7.51. The van der Waals surface area contributed by atoms with Crippen LogP contribution in [0.15, 0.2) is 115 Å². The molecule has 3 N–H and O–H groups in total. The first-order valence-electron chi connectivity index (χ1n) is 15.5. The molecule has 4 aromatic carbocycles. The maximum Gasteiger partial charge on any atom is 0.324 e. The summed E-state index contributed by atoms with van der Waals surface area (Å²) in [6.45, 7) is 10.9. The molecule has 0 aliphatic carbocycles. The highest BCUT2D eigenvalue weighted by atomic mass is 31.1. The van der Waals surface area contributed by atoms with Crippen molar-refractivity contribution >= 4 is 47.7 Å². The number of carbonyl (C=O) groups is 1. The maximum atomic E-state index is 13.5. The van der Waals surface area contributed by atoms with Gasteiger partial charge in [-0.1, -0.05) is 75.4 Å². The van der Waals surface area contributed by atoms with Gasteiger partial charge in [0.1, 0.15) is 23.1 Å². The maximum absolute atomic E-state index is 13.5. The van der Waals surface area contributed by atoms with E-state index in [9.17, 15) is 4.79 Å². The molecular weight excluding hydrogens is 603 g/mol. The van der Waals surface area contributed by atoms with Gasteiger partial charge in [-0.25, -0.2) is 14.5 Å². The van der Waals surface area contributed by atoms with Crippen LogP contribution in [0.25, 0.3) is 16.5 Å². The van der Waals surface area contributed by atoms with Gasteiger partial charge in [-0.3, -0.25) is 5.32 Å². The Balaban J connectivity index is 1.24. The lowest BCUT2D eigenvalue weighted by atomic mass is 9.92. The topological polar surface area (TPSA) is 93.1 Å². The summed E-state index contributed by atoms with van der Waals surface area (Å²) in [5.41, 5.74) is 4.46. The summed E-state index contributed by atoms with van der Waals surface area (Å²) >= 11 is 0. The van der Waals surface area contributed by atoms with Gasteiger partial charge >= 0.3 is 6.03 Å². The molecule has 2 aromatic heterocycles. The molecule has 0 unspecified atom stereocenters. The number of pyridine rings is 1. The first-order valence-corrected chi connectivity index (χ1v) is 17.9. The van der Waals surface area contributed by atoms with Gasteiger partial charge in [0.25, 0.3) is 0 Å². The van der Waals surface area contributed by atoms with Gasteiger partial charge in [0.2, 0.25) is 0 Å². The predicted molar refractivity (Wildman–Crippen MR) is 195 cm³/mol. The Hall–Kier alpha value is -5.20. The van der Waals surface area contributed by atoms with Crippen molar-refractivity contribution in [2.75, 3.05) is 29.3 Å². The molecule has 0 aliphatic heterocycles. The largest absolute Gasteiger partial charge is 0.457 e. The van der Waals surface area contributed by atoms with Gasteiger partial charge in [-0.2, -0.15) is 5.10 Å². The number of aromatic nitrogens is 3. The van der Waals surface area contributed by atoms with E-state index in [-0.39, 0.29) is 19.4 Å². The number of para-hydroxylation sites is 1. The van der Waals surface area contributed by atoms with Crippen LogP contribution in [0.5, 0.6) is 11.5 Å². The van der Waals surface area contributed by atoms with Gasteiger partial charge in [0.15, 0.2) is 0 Å². The van der Waals surface area contributed by atoms with E-state index in [1.807, 2.05) is 102 Å². The predicted octanol–water partition coefficient (Wildman–Crippen LogP) is 10.1. The molecule has 6 aromatic rings. The minimum Gasteiger partial charge on any atom is -0.457 e. The lowest BCUT2D eigenvalue weighted by Gasteiger charge is -2.15. The monoisotopic (exact) mass is 642 g/mol. The number of anilines is 4. The fourth-order valence-electron chi connectivity index (χ4n) is 5.26. The van der Waals surface area contributed by atoms with Crippen LogP contribution in [0.4, 0.5) is 27.8 Å². The van der Waals surface area contributed by atoms with Crippen LogP contribution < -0.4 is 20.7 Å². The molecule has 47 heavy (non-hydrogen) atoms. The smallest absolute Gasteiger partial charge is 0.324 e. The minimum absolute atomic E-state index is 0.0886. The van der Waals surface area contributed by atoms with Gasteiger partial charge < -0.3 is 15.4 Å². The fraction of sp³-hybridized carbons (Fsp3) is 0.184. The van der Waals surface area contributed by atoms with Crippen LogP contribution in [-0.2, 0) is 11.6 Å². The quantitative estimate of drug-likeness (QED) is 0.137. The van der Waals surface area contributed by atoms with E-state index < -0.39 is 0 Å². The standard InChI is InChI=1S/C38H39N6O2P/c1-38(2,3)34-24-36(44(43-34)28-15-11-12-26(22-28)25-47(4)5)42-37(45)41-32-18-19-33(31-17-10-9-16-30(31)32)46-29-20-21-39-35(23-29)40-27-13-7-6-8-14-27/h6-24H,25H2,1-5H3,(H,39,40)(H2,41,42,45). The number of hydrogen-bond acceptors (Lipinski definition) is 5. The first kappa shape index (κ1) is 31.8. The zero-order chi connectivity index (χ0) is 33.0. The summed E-state index contributed by atoms with van der Waals surface area (Å²) in [7, 11) is -0.0886. The van der Waals surface area contributed by atoms with Crippen molar-refractivity contribution in [1.82, 2.24) is 14.8 Å². The molecule has 0 saturated heterocycles. The van der Waals surface area contributed by atoms with E-state index >= 15 is 0 Å². The zero-order valence-corrected chi connectivity index (χ0v) is 28.2. The molecular formula is C38H39N6O2P. The normalized spacial score (nSPS) is 11.4. The van der Waals surface area contributed by atoms with Crippen molar-refractivity contribution in [3.63, 3.8) is 0 Å². The first-order chi connectivity index (χ1) is 22.6. The molecule has 2 amide bonds. The van der Waals surface area contributed by atoms with E-state index in [0.29, 0.717) is 28.8 Å². The minimum atomic E-state index is -0.363. The second-order valence-electron chi connectivity index (χ2n) is 12.7. The Labute approximate surface area is 277 Å². The van der Waals surface area contributed by atoms with E-state index in [1.54, 1.807) is 6.20 Å². The van der Waals surface area contributed by atoms with Crippen LogP contribution in [-0.4, -0.2) is 34.1 Å². The van der Waals surface area contributed by atoms with Gasteiger partial charge in [-0.05, 0) is 67.5 Å². The second kappa shape index (κ2) is 13.7. The third-order valence-corrected chi connectivity index (χ3v) is 8.51. The van der Waals surface area contributed by atoms with E-state index in [0.717, 1.165) is 34.0 Å².